The first-order valence-electron chi connectivity index (χ1n) is 7.49. The second-order valence-electron chi connectivity index (χ2n) is 4.73. The number of hydrogen-bond donors (Lipinski definition) is 0. The number of benzene rings is 2. The van der Waals surface area contributed by atoms with Gasteiger partial charge in [-0.15, -0.1) is 0 Å². The van der Waals surface area contributed by atoms with Gasteiger partial charge in [-0.25, -0.2) is 0 Å². The topological polar surface area (TPSA) is 54.0 Å². The van der Waals surface area contributed by atoms with Gasteiger partial charge in [0.25, 0.3) is 0 Å². The van der Waals surface area contributed by atoms with Crippen LogP contribution in [-0.2, 0) is 0 Å². The lowest BCUT2D eigenvalue weighted by Crippen LogP contribution is -2.11. The van der Waals surface area contributed by atoms with Gasteiger partial charge in [-0.3, -0.25) is 4.79 Å². The highest BCUT2D eigenvalue weighted by Gasteiger charge is 2.12. The number of carbonyl (C=O) groups is 1. The van der Waals surface area contributed by atoms with Crippen LogP contribution in [0.15, 0.2) is 40.9 Å². The summed E-state index contributed by atoms with van der Waals surface area (Å²) in [5, 5.41) is 0. The smallest absolute Gasteiger partial charge is 0.175 e. The summed E-state index contributed by atoms with van der Waals surface area (Å²) in [7, 11) is 1.60. The van der Waals surface area contributed by atoms with E-state index in [2.05, 4.69) is 15.9 Å². The number of hydrogen-bond acceptors (Lipinski definition) is 5. The van der Waals surface area contributed by atoms with E-state index < -0.39 is 0 Å². The van der Waals surface area contributed by atoms with Gasteiger partial charge in [-0.2, -0.15) is 0 Å². The van der Waals surface area contributed by atoms with Crippen molar-refractivity contribution in [1.82, 2.24) is 0 Å². The Kier molecular flexibility index (Phi) is 6.93. The molecule has 2 aromatic rings. The number of rotatable bonds is 9. The van der Waals surface area contributed by atoms with E-state index in [1.54, 1.807) is 19.2 Å². The van der Waals surface area contributed by atoms with Crippen molar-refractivity contribution in [3.63, 3.8) is 0 Å². The summed E-state index contributed by atoms with van der Waals surface area (Å²) in [6, 6.07) is 10.8. The lowest BCUT2D eigenvalue weighted by molar-refractivity contribution is 0.112. The molecule has 0 radical (unpaired) electrons. The molecule has 0 spiro atoms. The molecular formula is C18H19BrO5. The van der Waals surface area contributed by atoms with Gasteiger partial charge in [-0.1, -0.05) is 12.1 Å². The predicted molar refractivity (Wildman–Crippen MR) is 94.7 cm³/mol. The summed E-state index contributed by atoms with van der Waals surface area (Å²) in [5.41, 5.74) is 0.517. The first-order chi connectivity index (χ1) is 11.7. The zero-order valence-corrected chi connectivity index (χ0v) is 15.2. The molecular weight excluding hydrogens is 376 g/mol. The van der Waals surface area contributed by atoms with E-state index in [-0.39, 0.29) is 0 Å². The van der Waals surface area contributed by atoms with Crippen LogP contribution in [0.4, 0.5) is 0 Å². The summed E-state index contributed by atoms with van der Waals surface area (Å²) in [6.45, 7) is 3.00. The van der Waals surface area contributed by atoms with E-state index in [0.29, 0.717) is 52.9 Å². The Morgan fingerprint density at radius 1 is 1.00 bits per heavy atom. The standard InChI is InChI=1S/C18H19BrO5/c1-3-22-17-11-13(12-20)10-14(19)18(17)24-9-8-23-16-7-5-4-6-15(16)21-2/h4-7,10-12H,3,8-9H2,1-2H3. The van der Waals surface area contributed by atoms with Crippen LogP contribution in [-0.4, -0.2) is 33.2 Å². The fourth-order valence-corrected chi connectivity index (χ4v) is 2.67. The molecule has 2 aromatic carbocycles. The minimum Gasteiger partial charge on any atom is -0.493 e. The molecule has 0 unspecified atom stereocenters. The lowest BCUT2D eigenvalue weighted by atomic mass is 10.2. The lowest BCUT2D eigenvalue weighted by Gasteiger charge is -2.15. The van der Waals surface area contributed by atoms with Crippen LogP contribution in [0.2, 0.25) is 0 Å². The van der Waals surface area contributed by atoms with E-state index in [1.165, 1.54) is 0 Å². The monoisotopic (exact) mass is 394 g/mol. The molecule has 0 fully saturated rings. The maximum Gasteiger partial charge on any atom is 0.175 e. The molecule has 0 aromatic heterocycles. The van der Waals surface area contributed by atoms with Crippen LogP contribution >= 0.6 is 15.9 Å². The highest BCUT2D eigenvalue weighted by atomic mass is 79.9. The number of halogens is 1. The average molecular weight is 395 g/mol. The van der Waals surface area contributed by atoms with E-state index in [9.17, 15) is 4.79 Å². The van der Waals surface area contributed by atoms with Crippen molar-refractivity contribution in [1.29, 1.82) is 0 Å². The third-order valence-electron chi connectivity index (χ3n) is 3.12. The van der Waals surface area contributed by atoms with Crippen molar-refractivity contribution in [2.45, 2.75) is 6.92 Å². The number of methoxy groups -OCH3 is 1. The highest BCUT2D eigenvalue weighted by Crippen LogP contribution is 2.36. The second kappa shape index (κ2) is 9.17. The molecule has 6 heteroatoms. The SMILES string of the molecule is CCOc1cc(C=O)cc(Br)c1OCCOc1ccccc1OC. The van der Waals surface area contributed by atoms with Gasteiger partial charge in [0.1, 0.15) is 19.5 Å². The molecule has 0 bridgehead atoms. The van der Waals surface area contributed by atoms with Crippen LogP contribution in [0.1, 0.15) is 17.3 Å². The van der Waals surface area contributed by atoms with Gasteiger partial charge in [-0.05, 0) is 47.1 Å². The van der Waals surface area contributed by atoms with E-state index in [0.717, 1.165) is 6.29 Å². The van der Waals surface area contributed by atoms with Gasteiger partial charge in [0, 0.05) is 5.56 Å². The van der Waals surface area contributed by atoms with Crippen molar-refractivity contribution >= 4 is 22.2 Å². The maximum absolute atomic E-state index is 11.0. The van der Waals surface area contributed by atoms with Crippen LogP contribution in [0, 0.1) is 0 Å². The van der Waals surface area contributed by atoms with Crippen molar-refractivity contribution in [3.8, 4) is 23.0 Å². The Balaban J connectivity index is 2.00. The van der Waals surface area contributed by atoms with Gasteiger partial charge < -0.3 is 18.9 Å². The molecule has 0 heterocycles. The Morgan fingerprint density at radius 2 is 1.71 bits per heavy atom. The molecule has 0 aliphatic heterocycles. The van der Waals surface area contributed by atoms with Crippen molar-refractivity contribution in [2.24, 2.45) is 0 Å². The number of aldehydes is 1. The van der Waals surface area contributed by atoms with E-state index >= 15 is 0 Å². The largest absolute Gasteiger partial charge is 0.493 e. The van der Waals surface area contributed by atoms with Crippen LogP contribution in [0.3, 0.4) is 0 Å². The summed E-state index contributed by atoms with van der Waals surface area (Å²) in [4.78, 5) is 11.0. The van der Waals surface area contributed by atoms with Crippen molar-refractivity contribution in [2.75, 3.05) is 26.9 Å². The number of para-hydroxylation sites is 2. The molecule has 24 heavy (non-hydrogen) atoms. The van der Waals surface area contributed by atoms with Gasteiger partial charge >= 0.3 is 0 Å². The van der Waals surface area contributed by atoms with Crippen LogP contribution < -0.4 is 18.9 Å². The summed E-state index contributed by atoms with van der Waals surface area (Å²) < 4.78 is 22.9. The molecule has 0 saturated heterocycles. The molecule has 2 rings (SSSR count). The molecule has 0 aliphatic rings. The summed E-state index contributed by atoms with van der Waals surface area (Å²) >= 11 is 3.40. The minimum atomic E-state index is 0.317. The third kappa shape index (κ3) is 4.64. The molecule has 0 saturated carbocycles. The van der Waals surface area contributed by atoms with E-state index in [1.807, 2.05) is 31.2 Å². The molecule has 5 nitrogen and oxygen atoms in total. The minimum absolute atomic E-state index is 0.317. The first kappa shape index (κ1) is 18.1. The highest BCUT2D eigenvalue weighted by molar-refractivity contribution is 9.10. The van der Waals surface area contributed by atoms with Crippen molar-refractivity contribution in [3.05, 3.63) is 46.4 Å². The first-order valence-corrected chi connectivity index (χ1v) is 8.29. The zero-order chi connectivity index (χ0) is 17.4. The second-order valence-corrected chi connectivity index (χ2v) is 5.58. The number of ether oxygens (including phenoxy) is 4. The Morgan fingerprint density at radius 3 is 2.38 bits per heavy atom. The molecule has 0 N–H and O–H groups in total. The quantitative estimate of drug-likeness (QED) is 0.472. The van der Waals surface area contributed by atoms with Gasteiger partial charge in [0.2, 0.25) is 0 Å². The Hall–Kier alpha value is -2.21. The van der Waals surface area contributed by atoms with Crippen LogP contribution in [0.25, 0.3) is 0 Å². The summed E-state index contributed by atoms with van der Waals surface area (Å²) in [6.07, 6.45) is 0.766. The predicted octanol–water partition coefficient (Wildman–Crippen LogP) is 4.13. The Labute approximate surface area is 149 Å². The zero-order valence-electron chi connectivity index (χ0n) is 13.6. The molecule has 128 valence electrons. The van der Waals surface area contributed by atoms with Gasteiger partial charge in [0.05, 0.1) is 18.2 Å². The molecule has 0 aliphatic carbocycles. The fourth-order valence-electron chi connectivity index (χ4n) is 2.09. The number of carbonyl (C=O) groups excluding carboxylic acids is 1. The fraction of sp³-hybridized carbons (Fsp3) is 0.278. The average Bonchev–Trinajstić information content (AvgIpc) is 2.60. The third-order valence-corrected chi connectivity index (χ3v) is 3.71. The van der Waals surface area contributed by atoms with Crippen LogP contribution in [0.5, 0.6) is 23.0 Å². The summed E-state index contributed by atoms with van der Waals surface area (Å²) in [5.74, 6) is 2.39. The van der Waals surface area contributed by atoms with Crippen molar-refractivity contribution < 1.29 is 23.7 Å². The Bertz CT molecular complexity index is 687. The molecule has 0 amide bonds. The van der Waals surface area contributed by atoms with E-state index in [4.69, 9.17) is 18.9 Å². The normalized spacial score (nSPS) is 10.1. The molecule has 0 atom stereocenters. The van der Waals surface area contributed by atoms with Gasteiger partial charge in [0.15, 0.2) is 23.0 Å². The maximum atomic E-state index is 11.0.